The van der Waals surface area contributed by atoms with Gasteiger partial charge < -0.3 is 5.32 Å². The number of hydrogen-bond donors (Lipinski definition) is 2. The maximum absolute atomic E-state index is 13.2. The molecule has 0 saturated heterocycles. The third kappa shape index (κ3) is 4.47. The Bertz CT molecular complexity index is 1280. The number of carbonyl (C=O) groups excluding carboxylic acids is 1. The van der Waals surface area contributed by atoms with Crippen LogP contribution in [-0.4, -0.2) is 34.6 Å². The van der Waals surface area contributed by atoms with Crippen LogP contribution in [0, 0.1) is 6.92 Å². The lowest BCUT2D eigenvalue weighted by atomic mass is 10.1. The Labute approximate surface area is 182 Å². The fraction of sp³-hybridized carbons (Fsp3) is 0.409. The van der Waals surface area contributed by atoms with Crippen molar-refractivity contribution in [2.24, 2.45) is 7.05 Å². The highest BCUT2D eigenvalue weighted by Crippen LogP contribution is 2.40. The average Bonchev–Trinajstić information content (AvgIpc) is 3.46. The molecule has 31 heavy (non-hydrogen) atoms. The largest absolute Gasteiger partial charge is 0.322 e. The summed E-state index contributed by atoms with van der Waals surface area (Å²) in [5.41, 5.74) is 2.59. The van der Waals surface area contributed by atoms with E-state index in [1.165, 1.54) is 12.1 Å². The molecule has 1 amide bonds. The smallest absolute Gasteiger partial charge is 0.256 e. The van der Waals surface area contributed by atoms with Crippen molar-refractivity contribution in [3.63, 3.8) is 0 Å². The number of pyridine rings is 1. The Morgan fingerprint density at radius 2 is 1.90 bits per heavy atom. The molecule has 0 bridgehead atoms. The van der Waals surface area contributed by atoms with Crippen molar-refractivity contribution in [3.05, 3.63) is 47.3 Å². The minimum Gasteiger partial charge on any atom is -0.322 e. The Morgan fingerprint density at radius 3 is 2.55 bits per heavy atom. The van der Waals surface area contributed by atoms with Gasteiger partial charge in [-0.2, -0.15) is 5.10 Å². The first-order valence-electron chi connectivity index (χ1n) is 10.2. The zero-order valence-electron chi connectivity index (χ0n) is 18.4. The van der Waals surface area contributed by atoms with Gasteiger partial charge in [-0.3, -0.25) is 9.48 Å². The maximum Gasteiger partial charge on any atom is 0.256 e. The monoisotopic (exact) mass is 441 g/mol. The number of rotatable bonds is 5. The van der Waals surface area contributed by atoms with Gasteiger partial charge in [-0.05, 0) is 64.8 Å². The normalized spacial score (nSPS) is 14.7. The number of sulfonamides is 1. The van der Waals surface area contributed by atoms with E-state index in [1.807, 2.05) is 20.0 Å². The highest BCUT2D eigenvalue weighted by molar-refractivity contribution is 7.89. The van der Waals surface area contributed by atoms with Crippen LogP contribution in [0.15, 0.2) is 35.2 Å². The van der Waals surface area contributed by atoms with Crippen molar-refractivity contribution >= 4 is 32.7 Å². The van der Waals surface area contributed by atoms with Crippen molar-refractivity contribution in [2.45, 2.75) is 56.9 Å². The van der Waals surface area contributed by atoms with Crippen molar-refractivity contribution in [1.82, 2.24) is 19.5 Å². The molecule has 2 aromatic heterocycles. The zero-order chi connectivity index (χ0) is 22.6. The molecular weight excluding hydrogens is 414 g/mol. The zero-order valence-corrected chi connectivity index (χ0v) is 19.2. The molecule has 0 unspecified atom stereocenters. The van der Waals surface area contributed by atoms with Gasteiger partial charge in [-0.15, -0.1) is 0 Å². The standard InChI is InChI=1S/C22H27N5O3S/c1-13-19-17(12-18(14-9-10-14)24-20(19)27(5)25-13)21(28)23-15-7-6-8-16(11-15)31(29,30)26-22(2,3)4/h6-8,11-12,14,26H,9-10H2,1-5H3,(H,23,28). The number of anilines is 1. The van der Waals surface area contributed by atoms with Gasteiger partial charge in [-0.25, -0.2) is 18.1 Å². The van der Waals surface area contributed by atoms with Crippen LogP contribution in [0.5, 0.6) is 0 Å². The summed E-state index contributed by atoms with van der Waals surface area (Å²) in [5, 5.41) is 7.99. The van der Waals surface area contributed by atoms with E-state index in [1.54, 1.807) is 37.6 Å². The van der Waals surface area contributed by atoms with Gasteiger partial charge in [0.2, 0.25) is 10.0 Å². The first-order chi connectivity index (χ1) is 14.4. The van der Waals surface area contributed by atoms with E-state index in [0.29, 0.717) is 28.2 Å². The molecule has 2 heterocycles. The van der Waals surface area contributed by atoms with Crippen LogP contribution in [-0.2, 0) is 17.1 Å². The maximum atomic E-state index is 13.2. The number of nitrogens with one attached hydrogen (secondary N) is 2. The lowest BCUT2D eigenvalue weighted by molar-refractivity contribution is 0.102. The molecule has 0 radical (unpaired) electrons. The second-order valence-corrected chi connectivity index (χ2v) is 10.8. The first-order valence-corrected chi connectivity index (χ1v) is 11.7. The van der Waals surface area contributed by atoms with Gasteiger partial charge in [0.1, 0.15) is 0 Å². The number of fused-ring (bicyclic) bond motifs is 1. The number of hydrogen-bond acceptors (Lipinski definition) is 5. The Morgan fingerprint density at radius 1 is 1.19 bits per heavy atom. The number of amides is 1. The minimum atomic E-state index is -3.71. The summed E-state index contributed by atoms with van der Waals surface area (Å²) in [4.78, 5) is 18.0. The van der Waals surface area contributed by atoms with Crippen LogP contribution in [0.25, 0.3) is 11.0 Å². The van der Waals surface area contributed by atoms with E-state index >= 15 is 0 Å². The Balaban J connectivity index is 1.69. The summed E-state index contributed by atoms with van der Waals surface area (Å²) in [5.74, 6) is 0.0619. The van der Waals surface area contributed by atoms with Gasteiger partial charge in [0.25, 0.3) is 5.91 Å². The summed E-state index contributed by atoms with van der Waals surface area (Å²) in [6.45, 7) is 7.18. The summed E-state index contributed by atoms with van der Waals surface area (Å²) in [7, 11) is -1.90. The lowest BCUT2D eigenvalue weighted by Gasteiger charge is -2.20. The number of aryl methyl sites for hydroxylation is 2. The quantitative estimate of drug-likeness (QED) is 0.630. The van der Waals surface area contributed by atoms with Crippen LogP contribution in [0.3, 0.4) is 0 Å². The van der Waals surface area contributed by atoms with E-state index in [2.05, 4.69) is 15.1 Å². The third-order valence-corrected chi connectivity index (χ3v) is 6.83. The van der Waals surface area contributed by atoms with E-state index in [0.717, 1.165) is 24.2 Å². The van der Waals surface area contributed by atoms with Gasteiger partial charge in [-0.1, -0.05) is 6.07 Å². The summed E-state index contributed by atoms with van der Waals surface area (Å²) in [6, 6.07) is 8.09. The molecule has 1 saturated carbocycles. The highest BCUT2D eigenvalue weighted by Gasteiger charge is 2.29. The molecule has 1 aliphatic carbocycles. The van der Waals surface area contributed by atoms with Gasteiger partial charge in [0.15, 0.2) is 5.65 Å². The van der Waals surface area contributed by atoms with Crippen molar-refractivity contribution in [1.29, 1.82) is 0 Å². The molecule has 1 aromatic carbocycles. The Hall–Kier alpha value is -2.78. The number of nitrogens with zero attached hydrogens (tertiary/aromatic N) is 3. The summed E-state index contributed by atoms with van der Waals surface area (Å²) >= 11 is 0. The molecule has 2 N–H and O–H groups in total. The van der Waals surface area contributed by atoms with E-state index in [9.17, 15) is 13.2 Å². The van der Waals surface area contributed by atoms with E-state index in [-0.39, 0.29) is 10.8 Å². The fourth-order valence-electron chi connectivity index (χ4n) is 3.63. The van der Waals surface area contributed by atoms with Crippen LogP contribution >= 0.6 is 0 Å². The third-order valence-electron chi connectivity index (χ3n) is 5.07. The molecule has 9 heteroatoms. The molecule has 0 aliphatic heterocycles. The number of benzene rings is 1. The summed E-state index contributed by atoms with van der Waals surface area (Å²) < 4.78 is 29.6. The molecular formula is C22H27N5O3S. The second-order valence-electron chi connectivity index (χ2n) is 9.11. The van der Waals surface area contributed by atoms with Crippen LogP contribution < -0.4 is 10.0 Å². The Kier molecular flexibility index (Phi) is 5.13. The van der Waals surface area contributed by atoms with Crippen LogP contribution in [0.2, 0.25) is 0 Å². The van der Waals surface area contributed by atoms with Crippen molar-refractivity contribution < 1.29 is 13.2 Å². The van der Waals surface area contributed by atoms with Crippen molar-refractivity contribution in [3.8, 4) is 0 Å². The van der Waals surface area contributed by atoms with E-state index < -0.39 is 15.6 Å². The van der Waals surface area contributed by atoms with Crippen LogP contribution in [0.1, 0.15) is 61.3 Å². The SMILES string of the molecule is Cc1nn(C)c2nc(C3CC3)cc(C(=O)Nc3cccc(S(=O)(=O)NC(C)(C)C)c3)c12. The molecule has 0 atom stereocenters. The topological polar surface area (TPSA) is 106 Å². The molecule has 4 rings (SSSR count). The summed E-state index contributed by atoms with van der Waals surface area (Å²) in [6.07, 6.45) is 2.13. The second kappa shape index (κ2) is 7.42. The fourth-order valence-corrected chi connectivity index (χ4v) is 5.10. The highest BCUT2D eigenvalue weighted by atomic mass is 32.2. The molecule has 164 valence electrons. The average molecular weight is 442 g/mol. The van der Waals surface area contributed by atoms with Crippen molar-refractivity contribution in [2.75, 3.05) is 5.32 Å². The minimum absolute atomic E-state index is 0.0938. The molecule has 8 nitrogen and oxygen atoms in total. The lowest BCUT2D eigenvalue weighted by Crippen LogP contribution is -2.40. The van der Waals surface area contributed by atoms with Crippen LogP contribution in [0.4, 0.5) is 5.69 Å². The number of aromatic nitrogens is 3. The predicted molar refractivity (Wildman–Crippen MR) is 120 cm³/mol. The van der Waals surface area contributed by atoms with Gasteiger partial charge >= 0.3 is 0 Å². The molecule has 1 fully saturated rings. The predicted octanol–water partition coefficient (Wildman–Crippen LogP) is 3.48. The molecule has 1 aliphatic rings. The number of carbonyl (C=O) groups is 1. The van der Waals surface area contributed by atoms with Gasteiger partial charge in [0.05, 0.1) is 21.5 Å². The van der Waals surface area contributed by atoms with Gasteiger partial charge in [0, 0.05) is 29.9 Å². The van der Waals surface area contributed by atoms with E-state index in [4.69, 9.17) is 4.98 Å². The molecule has 3 aromatic rings. The first kappa shape index (κ1) is 21.5. The molecule has 0 spiro atoms.